The maximum Gasteiger partial charge on any atom is 0.330 e. The van der Waals surface area contributed by atoms with Crippen molar-refractivity contribution in [3.8, 4) is 0 Å². The third-order valence-corrected chi connectivity index (χ3v) is 0.949. The molecule has 15 heavy (non-hydrogen) atoms. The van der Waals surface area contributed by atoms with Gasteiger partial charge in [-0.2, -0.15) is 0 Å². The molecule has 0 fully saturated rings. The lowest BCUT2D eigenvalue weighted by atomic mass is 10.6. The van der Waals surface area contributed by atoms with Gasteiger partial charge in [0.1, 0.15) is 6.61 Å². The highest BCUT2D eigenvalue weighted by atomic mass is 35.5. The molecule has 0 saturated carbocycles. The number of nitrogens with zero attached hydrogens (tertiary/aromatic N) is 1. The van der Waals surface area contributed by atoms with Crippen molar-refractivity contribution in [3.63, 3.8) is 0 Å². The highest BCUT2D eigenvalue weighted by Gasteiger charge is 1.94. The number of carbonyl (C=O) groups is 1. The number of likely N-dealkylation sites (N-methyl/N-ethyl adjacent to an activating group) is 1. The monoisotopic (exact) mass is 238 g/mol. The first-order valence-corrected chi connectivity index (χ1v) is 4.60. The lowest BCUT2D eigenvalue weighted by molar-refractivity contribution is -0.836. The van der Waals surface area contributed by atoms with Gasteiger partial charge in [0.2, 0.25) is 0 Å². The molecule has 0 heterocycles. The fourth-order valence-electron chi connectivity index (χ4n) is 0.388. The second-order valence-corrected chi connectivity index (χ2v) is 3.67. The van der Waals surface area contributed by atoms with Crippen molar-refractivity contribution in [2.45, 2.75) is 0 Å². The van der Waals surface area contributed by atoms with Gasteiger partial charge in [-0.25, -0.2) is 4.79 Å². The molecule has 5 heteroatoms. The molecule has 0 aliphatic rings. The van der Waals surface area contributed by atoms with Gasteiger partial charge >= 0.3 is 5.97 Å². The molecule has 0 bridgehead atoms. The molecular weight excluding hydrogens is 216 g/mol. The third-order valence-electron chi connectivity index (χ3n) is 0.949. The number of hydrogen-bond donors (Lipinski definition) is 1. The number of carbonyl (C=O) groups excluding carboxylic acids is 1. The second kappa shape index (κ2) is 13.4. The summed E-state index contributed by atoms with van der Waals surface area (Å²) in [5.41, 5.74) is 0. The van der Waals surface area contributed by atoms with E-state index in [2.05, 4.69) is 27.7 Å². The Morgan fingerprint density at radius 1 is 1.40 bits per heavy atom. The summed E-state index contributed by atoms with van der Waals surface area (Å²) in [6, 6.07) is 0. The number of rotatable bonds is 4. The maximum absolute atomic E-state index is 10.4. The van der Waals surface area contributed by atoms with Gasteiger partial charge in [0.15, 0.2) is 0 Å². The highest BCUT2D eigenvalue weighted by Crippen LogP contribution is 1.80. The molecule has 1 N–H and O–H groups in total. The van der Waals surface area contributed by atoms with Crippen LogP contribution in [0.1, 0.15) is 0 Å². The summed E-state index contributed by atoms with van der Waals surface area (Å²) in [5, 5.41) is 0. The normalized spacial score (nSPS) is 8.73. The fraction of sp³-hybridized carbons (Fsp3) is 0.700. The smallest absolute Gasteiger partial charge is 0.330 e. The summed E-state index contributed by atoms with van der Waals surface area (Å²) in [7, 11) is 10.1. The van der Waals surface area contributed by atoms with Crippen LogP contribution in [0.2, 0.25) is 0 Å². The molecule has 4 nitrogen and oxygen atoms in total. The average Bonchev–Trinajstić information content (AvgIpc) is 2.02. The topological polar surface area (TPSA) is 34.0 Å². The van der Waals surface area contributed by atoms with E-state index in [9.17, 15) is 4.79 Å². The quantitative estimate of drug-likeness (QED) is 0.401. The van der Waals surface area contributed by atoms with Gasteiger partial charge < -0.3 is 26.9 Å². The summed E-state index contributed by atoms with van der Waals surface area (Å²) in [5.74, 6) is -0.359. The van der Waals surface area contributed by atoms with Gasteiger partial charge in [-0.15, -0.1) is 0 Å². The average molecular weight is 239 g/mol. The van der Waals surface area contributed by atoms with Crippen molar-refractivity contribution in [1.29, 1.82) is 0 Å². The first kappa shape index (κ1) is 19.9. The number of hydrogen-bond acceptors (Lipinski definition) is 3. The minimum Gasteiger partial charge on any atom is -1.00 e. The van der Waals surface area contributed by atoms with Crippen molar-refractivity contribution in [2.24, 2.45) is 0 Å². The first-order valence-electron chi connectivity index (χ1n) is 4.60. The Labute approximate surface area is 99.3 Å². The van der Waals surface area contributed by atoms with Gasteiger partial charge in [-0.05, 0) is 14.1 Å². The molecule has 0 aromatic carbocycles. The van der Waals surface area contributed by atoms with Crippen LogP contribution in [0, 0.1) is 0 Å². The molecule has 0 rings (SSSR count). The summed E-state index contributed by atoms with van der Waals surface area (Å²) in [6.45, 7) is 4.45. The van der Waals surface area contributed by atoms with E-state index < -0.39 is 0 Å². The second-order valence-electron chi connectivity index (χ2n) is 3.67. The molecule has 0 aromatic heterocycles. The minimum absolute atomic E-state index is 0. The Bertz CT molecular complexity index is 159. The van der Waals surface area contributed by atoms with Gasteiger partial charge in [0, 0.05) is 12.6 Å². The van der Waals surface area contributed by atoms with E-state index in [0.29, 0.717) is 6.61 Å². The first-order chi connectivity index (χ1) is 6.40. The van der Waals surface area contributed by atoms with Gasteiger partial charge in [-0.1, -0.05) is 6.58 Å². The Hall–Kier alpha value is -0.580. The zero-order valence-electron chi connectivity index (χ0n) is 10.3. The van der Waals surface area contributed by atoms with Crippen LogP contribution in [-0.2, 0) is 9.53 Å². The van der Waals surface area contributed by atoms with Crippen LogP contribution >= 0.6 is 0 Å². The predicted molar refractivity (Wildman–Crippen MR) is 58.4 cm³/mol. The molecule has 0 saturated heterocycles. The number of esters is 1. The number of nitrogens with one attached hydrogen (secondary N) is 1. The van der Waals surface area contributed by atoms with E-state index in [-0.39, 0.29) is 18.4 Å². The van der Waals surface area contributed by atoms with Crippen molar-refractivity contribution in [1.82, 2.24) is 4.90 Å². The van der Waals surface area contributed by atoms with Gasteiger partial charge in [-0.3, -0.25) is 0 Å². The third kappa shape index (κ3) is 31.8. The number of ether oxygens (including phenoxy) is 1. The van der Waals surface area contributed by atoms with Crippen LogP contribution in [0.5, 0.6) is 0 Å². The zero-order valence-corrected chi connectivity index (χ0v) is 11.1. The van der Waals surface area contributed by atoms with E-state index >= 15 is 0 Å². The molecular formula is C10H23ClN2O2. The molecule has 0 spiro atoms. The predicted octanol–water partition coefficient (Wildman–Crippen LogP) is -3.96. The van der Waals surface area contributed by atoms with E-state index in [1.807, 2.05) is 19.0 Å². The zero-order chi connectivity index (χ0) is 11.6. The number of halogens is 1. The van der Waals surface area contributed by atoms with E-state index in [4.69, 9.17) is 4.74 Å². The summed E-state index contributed by atoms with van der Waals surface area (Å²) >= 11 is 0. The van der Waals surface area contributed by atoms with Crippen LogP contribution in [0.25, 0.3) is 0 Å². The van der Waals surface area contributed by atoms with Crippen LogP contribution in [-0.4, -0.2) is 59.3 Å². The standard InChI is InChI=1S/C7H13NO2.C3H9N.ClH/c1-4-7(9)10-6-5-8(2)3;1-4(2)3;/h4H,1,5-6H2,2-3H3;1-3H3;1H. The molecule has 92 valence electrons. The Morgan fingerprint density at radius 2 is 1.80 bits per heavy atom. The molecule has 0 aliphatic heterocycles. The molecule has 0 aromatic rings. The Kier molecular flexibility index (Phi) is 17.8. The summed E-state index contributed by atoms with van der Waals surface area (Å²) < 4.78 is 4.70. The summed E-state index contributed by atoms with van der Waals surface area (Å²) in [6.07, 6.45) is 1.16. The lowest BCUT2D eigenvalue weighted by Crippen LogP contribution is -3.02. The fourth-order valence-corrected chi connectivity index (χ4v) is 0.388. The Morgan fingerprint density at radius 3 is 2.07 bits per heavy atom. The van der Waals surface area contributed by atoms with Crippen LogP contribution in [0.3, 0.4) is 0 Å². The van der Waals surface area contributed by atoms with E-state index in [1.165, 1.54) is 4.90 Å². The van der Waals surface area contributed by atoms with Crippen molar-refractivity contribution in [3.05, 3.63) is 12.7 Å². The maximum atomic E-state index is 10.4. The van der Waals surface area contributed by atoms with Crippen molar-refractivity contribution < 1.29 is 26.8 Å². The van der Waals surface area contributed by atoms with Crippen molar-refractivity contribution >= 4 is 5.97 Å². The van der Waals surface area contributed by atoms with Crippen LogP contribution < -0.4 is 17.3 Å². The van der Waals surface area contributed by atoms with E-state index in [1.54, 1.807) is 0 Å². The largest absolute Gasteiger partial charge is 1.00 e. The highest BCUT2D eigenvalue weighted by molar-refractivity contribution is 5.81. The lowest BCUT2D eigenvalue weighted by Gasteiger charge is -2.07. The minimum atomic E-state index is -0.359. The van der Waals surface area contributed by atoms with Gasteiger partial charge in [0.25, 0.3) is 0 Å². The molecule has 0 unspecified atom stereocenters. The van der Waals surface area contributed by atoms with Crippen LogP contribution in [0.4, 0.5) is 0 Å². The molecule has 0 radical (unpaired) electrons. The Balaban J connectivity index is -0.000000249. The van der Waals surface area contributed by atoms with Gasteiger partial charge in [0.05, 0.1) is 21.1 Å². The SMILES string of the molecule is C=CC(=O)OCCN(C)C.C[NH+](C)C.[Cl-]. The summed E-state index contributed by atoms with van der Waals surface area (Å²) in [4.78, 5) is 13.8. The van der Waals surface area contributed by atoms with E-state index in [0.717, 1.165) is 12.6 Å². The van der Waals surface area contributed by atoms with Crippen LogP contribution in [0.15, 0.2) is 12.7 Å². The molecule has 0 atom stereocenters. The number of quaternary nitrogens is 1. The molecule has 0 amide bonds. The van der Waals surface area contributed by atoms with Crippen molar-refractivity contribution in [2.75, 3.05) is 48.4 Å². The molecule has 0 aliphatic carbocycles.